The van der Waals surface area contributed by atoms with Gasteiger partial charge in [-0.15, -0.1) is 0 Å². The summed E-state index contributed by atoms with van der Waals surface area (Å²) in [5.74, 6) is -1.08. The lowest BCUT2D eigenvalue weighted by Crippen LogP contribution is -2.36. The van der Waals surface area contributed by atoms with Crippen LogP contribution in [0.1, 0.15) is 13.8 Å². The minimum absolute atomic E-state index is 0.199. The summed E-state index contributed by atoms with van der Waals surface area (Å²) in [6.07, 6.45) is 3.79. The number of fused-ring (bicyclic) bond motifs is 5. The molecule has 2 saturated heterocycles. The molecule has 0 saturated carbocycles. The molecule has 14 heavy (non-hydrogen) atoms. The predicted molar refractivity (Wildman–Crippen MR) is 47.2 cm³/mol. The Morgan fingerprint density at radius 1 is 1.14 bits per heavy atom. The Morgan fingerprint density at radius 3 is 2.00 bits per heavy atom. The highest BCUT2D eigenvalue weighted by molar-refractivity contribution is 6.07. The van der Waals surface area contributed by atoms with Crippen LogP contribution in [0.15, 0.2) is 12.2 Å². The summed E-state index contributed by atoms with van der Waals surface area (Å²) in [5, 5.41) is 2.37. The Labute approximate surface area is 81.3 Å². The molecule has 4 atom stereocenters. The number of rotatable bonds is 0. The second-order valence-electron chi connectivity index (χ2n) is 4.61. The Balaban J connectivity index is 2.18. The maximum absolute atomic E-state index is 11.6. The van der Waals surface area contributed by atoms with Gasteiger partial charge in [-0.3, -0.25) is 14.9 Å². The lowest BCUT2D eigenvalue weighted by atomic mass is 9.73. The maximum Gasteiger partial charge on any atom is 0.233 e. The molecule has 2 fully saturated rings. The first-order valence-electron chi connectivity index (χ1n) is 4.72. The molecule has 0 aromatic heterocycles. The van der Waals surface area contributed by atoms with E-state index in [9.17, 15) is 9.59 Å². The zero-order valence-corrected chi connectivity index (χ0v) is 8.03. The van der Waals surface area contributed by atoms with Crippen LogP contribution >= 0.6 is 0 Å². The number of hydrogen-bond donors (Lipinski definition) is 1. The fourth-order valence-corrected chi connectivity index (χ4v) is 2.97. The second-order valence-corrected chi connectivity index (χ2v) is 4.61. The molecule has 0 aliphatic carbocycles. The Kier molecular flexibility index (Phi) is 1.13. The fraction of sp³-hybridized carbons (Fsp3) is 0.600. The first kappa shape index (κ1) is 8.17. The van der Waals surface area contributed by atoms with Gasteiger partial charge in [0, 0.05) is 0 Å². The van der Waals surface area contributed by atoms with Crippen LogP contribution in [0, 0.1) is 11.8 Å². The second kappa shape index (κ2) is 1.93. The van der Waals surface area contributed by atoms with E-state index in [4.69, 9.17) is 4.74 Å². The van der Waals surface area contributed by atoms with Crippen molar-refractivity contribution in [3.05, 3.63) is 12.2 Å². The zero-order chi connectivity index (χ0) is 10.1. The molecule has 3 heterocycles. The normalized spacial score (nSPS) is 53.9. The van der Waals surface area contributed by atoms with E-state index in [-0.39, 0.29) is 23.7 Å². The highest BCUT2D eigenvalue weighted by atomic mass is 16.5. The molecule has 4 heteroatoms. The average Bonchev–Trinajstić information content (AvgIpc) is 2.60. The predicted octanol–water partition coefficient (Wildman–Crippen LogP) is -0.00740. The number of amides is 2. The summed E-state index contributed by atoms with van der Waals surface area (Å²) in [7, 11) is 0. The van der Waals surface area contributed by atoms with Gasteiger partial charge in [0.1, 0.15) is 0 Å². The van der Waals surface area contributed by atoms with Crippen molar-refractivity contribution in [3.63, 3.8) is 0 Å². The van der Waals surface area contributed by atoms with Crippen molar-refractivity contribution >= 4 is 11.8 Å². The summed E-state index contributed by atoms with van der Waals surface area (Å²) in [4.78, 5) is 23.1. The average molecular weight is 193 g/mol. The highest BCUT2D eigenvalue weighted by Gasteiger charge is 2.68. The molecule has 2 amide bonds. The standard InChI is InChI=1S/C10H11NO3/c1-9-3-4-10(2,14-9)6-5(9)7(12)11-8(6)13/h3-6H,1-2H3,(H,11,12,13)/t5-,6+,9?,10?. The summed E-state index contributed by atoms with van der Waals surface area (Å²) < 4.78 is 5.76. The number of nitrogens with one attached hydrogen (secondary N) is 1. The number of carbonyl (C=O) groups excluding carboxylic acids is 2. The van der Waals surface area contributed by atoms with Crippen molar-refractivity contribution in [2.24, 2.45) is 11.8 Å². The maximum atomic E-state index is 11.6. The smallest absolute Gasteiger partial charge is 0.233 e. The molecule has 74 valence electrons. The molecular weight excluding hydrogens is 182 g/mol. The molecule has 0 aromatic rings. The van der Waals surface area contributed by atoms with Crippen molar-refractivity contribution < 1.29 is 14.3 Å². The molecule has 0 spiro atoms. The molecule has 2 bridgehead atoms. The fourth-order valence-electron chi connectivity index (χ4n) is 2.97. The van der Waals surface area contributed by atoms with Crippen molar-refractivity contribution in [1.82, 2.24) is 5.32 Å². The van der Waals surface area contributed by atoms with Gasteiger partial charge in [0.2, 0.25) is 11.8 Å². The Morgan fingerprint density at radius 2 is 1.57 bits per heavy atom. The third-order valence-corrected chi connectivity index (χ3v) is 3.56. The van der Waals surface area contributed by atoms with Crippen LogP contribution in [0.25, 0.3) is 0 Å². The van der Waals surface area contributed by atoms with E-state index in [0.717, 1.165) is 0 Å². The van der Waals surface area contributed by atoms with Crippen molar-refractivity contribution in [2.45, 2.75) is 25.0 Å². The lowest BCUT2D eigenvalue weighted by Gasteiger charge is -2.22. The topological polar surface area (TPSA) is 55.4 Å². The summed E-state index contributed by atoms with van der Waals surface area (Å²) in [5.41, 5.74) is -1.18. The van der Waals surface area contributed by atoms with E-state index in [1.807, 2.05) is 26.0 Å². The van der Waals surface area contributed by atoms with E-state index >= 15 is 0 Å². The van der Waals surface area contributed by atoms with Gasteiger partial charge in [0.05, 0.1) is 23.0 Å². The minimum Gasteiger partial charge on any atom is -0.359 e. The summed E-state index contributed by atoms with van der Waals surface area (Å²) in [6, 6.07) is 0. The van der Waals surface area contributed by atoms with Crippen LogP contribution in [0.2, 0.25) is 0 Å². The highest BCUT2D eigenvalue weighted by Crippen LogP contribution is 2.55. The van der Waals surface area contributed by atoms with Gasteiger partial charge in [-0.05, 0) is 13.8 Å². The lowest BCUT2D eigenvalue weighted by molar-refractivity contribution is -0.132. The van der Waals surface area contributed by atoms with E-state index < -0.39 is 11.2 Å². The van der Waals surface area contributed by atoms with Gasteiger partial charge in [0.15, 0.2) is 0 Å². The Hall–Kier alpha value is -1.16. The third kappa shape index (κ3) is 0.661. The number of ether oxygens (including phenoxy) is 1. The van der Waals surface area contributed by atoms with Gasteiger partial charge in [-0.2, -0.15) is 0 Å². The van der Waals surface area contributed by atoms with Gasteiger partial charge >= 0.3 is 0 Å². The quantitative estimate of drug-likeness (QED) is 0.435. The van der Waals surface area contributed by atoms with Crippen LogP contribution in [-0.4, -0.2) is 23.0 Å². The molecule has 3 rings (SSSR count). The van der Waals surface area contributed by atoms with Crippen molar-refractivity contribution in [2.75, 3.05) is 0 Å². The van der Waals surface area contributed by atoms with Crippen LogP contribution in [-0.2, 0) is 14.3 Å². The zero-order valence-electron chi connectivity index (χ0n) is 8.03. The number of imide groups is 1. The molecular formula is C10H11NO3. The van der Waals surface area contributed by atoms with E-state index in [2.05, 4.69) is 5.32 Å². The SMILES string of the molecule is CC12C=CC(C)(O1)[C@H]1C(=O)NC(=O)[C@H]12. The van der Waals surface area contributed by atoms with Crippen LogP contribution in [0.4, 0.5) is 0 Å². The minimum atomic E-state index is -0.588. The molecule has 0 aromatic carbocycles. The first-order valence-corrected chi connectivity index (χ1v) is 4.72. The summed E-state index contributed by atoms with van der Waals surface area (Å²) >= 11 is 0. The van der Waals surface area contributed by atoms with E-state index in [0.29, 0.717) is 0 Å². The first-order chi connectivity index (χ1) is 6.46. The Bertz CT molecular complexity index is 355. The number of carbonyl (C=O) groups is 2. The molecule has 3 aliphatic rings. The van der Waals surface area contributed by atoms with Gasteiger partial charge in [0.25, 0.3) is 0 Å². The third-order valence-electron chi connectivity index (χ3n) is 3.56. The van der Waals surface area contributed by atoms with E-state index in [1.165, 1.54) is 0 Å². The van der Waals surface area contributed by atoms with Crippen LogP contribution in [0.3, 0.4) is 0 Å². The molecule has 0 radical (unpaired) electrons. The van der Waals surface area contributed by atoms with E-state index in [1.54, 1.807) is 0 Å². The molecule has 3 aliphatic heterocycles. The largest absolute Gasteiger partial charge is 0.359 e. The molecule has 1 N–H and O–H groups in total. The monoisotopic (exact) mass is 193 g/mol. The van der Waals surface area contributed by atoms with Gasteiger partial charge in [-0.25, -0.2) is 0 Å². The van der Waals surface area contributed by atoms with Crippen LogP contribution in [0.5, 0.6) is 0 Å². The van der Waals surface area contributed by atoms with Gasteiger partial charge in [-0.1, -0.05) is 12.2 Å². The summed E-state index contributed by atoms with van der Waals surface area (Å²) in [6.45, 7) is 3.72. The van der Waals surface area contributed by atoms with Crippen molar-refractivity contribution in [3.8, 4) is 0 Å². The number of hydrogen-bond acceptors (Lipinski definition) is 3. The van der Waals surface area contributed by atoms with Crippen LogP contribution < -0.4 is 5.32 Å². The molecule has 4 nitrogen and oxygen atoms in total. The molecule has 2 unspecified atom stereocenters. The van der Waals surface area contributed by atoms with Crippen molar-refractivity contribution in [1.29, 1.82) is 0 Å². The van der Waals surface area contributed by atoms with Gasteiger partial charge < -0.3 is 4.74 Å².